The van der Waals surface area contributed by atoms with Crippen molar-refractivity contribution in [1.29, 1.82) is 0 Å². The van der Waals surface area contributed by atoms with Crippen LogP contribution in [0.3, 0.4) is 0 Å². The van der Waals surface area contributed by atoms with Gasteiger partial charge < -0.3 is 10.5 Å². The van der Waals surface area contributed by atoms with Crippen molar-refractivity contribution in [3.8, 4) is 5.75 Å². The maximum absolute atomic E-state index is 13.7. The Morgan fingerprint density at radius 2 is 2.00 bits per heavy atom. The fraction of sp³-hybridized carbons (Fsp3) is 0.429. The van der Waals surface area contributed by atoms with E-state index >= 15 is 0 Å². The molecule has 0 aliphatic rings. The first kappa shape index (κ1) is 14.6. The zero-order chi connectivity index (χ0) is 13.5. The molecule has 1 unspecified atom stereocenters. The first-order valence-corrected chi connectivity index (χ1v) is 6.05. The van der Waals surface area contributed by atoms with E-state index in [2.05, 4.69) is 6.58 Å². The van der Waals surface area contributed by atoms with Crippen molar-refractivity contribution >= 4 is 0 Å². The Kier molecular flexibility index (Phi) is 5.78. The van der Waals surface area contributed by atoms with Crippen LogP contribution in [0, 0.1) is 11.6 Å². The van der Waals surface area contributed by atoms with Crippen molar-refractivity contribution < 1.29 is 13.5 Å². The summed E-state index contributed by atoms with van der Waals surface area (Å²) >= 11 is 0. The molecule has 2 nitrogen and oxygen atoms in total. The molecule has 1 atom stereocenters. The lowest BCUT2D eigenvalue weighted by molar-refractivity contribution is 0.290. The molecule has 0 radical (unpaired) electrons. The molecule has 2 N–H and O–H groups in total. The summed E-state index contributed by atoms with van der Waals surface area (Å²) in [5.74, 6) is -1.69. The summed E-state index contributed by atoms with van der Waals surface area (Å²) in [6.07, 6.45) is 3.39. The molecule has 0 bridgehead atoms. The number of halogens is 2. The van der Waals surface area contributed by atoms with Crippen LogP contribution >= 0.6 is 0 Å². The highest BCUT2D eigenvalue weighted by Gasteiger charge is 2.13. The highest BCUT2D eigenvalue weighted by atomic mass is 19.1. The van der Waals surface area contributed by atoms with Crippen molar-refractivity contribution in [3.05, 3.63) is 42.0 Å². The van der Waals surface area contributed by atoms with Gasteiger partial charge in [-0.15, -0.1) is 6.58 Å². The van der Waals surface area contributed by atoms with E-state index in [0.717, 1.165) is 6.42 Å². The van der Waals surface area contributed by atoms with E-state index in [1.165, 1.54) is 12.1 Å². The van der Waals surface area contributed by atoms with E-state index in [0.29, 0.717) is 18.4 Å². The third kappa shape index (κ3) is 4.11. The van der Waals surface area contributed by atoms with Crippen LogP contribution in [-0.4, -0.2) is 12.6 Å². The van der Waals surface area contributed by atoms with Crippen LogP contribution in [0.5, 0.6) is 5.75 Å². The van der Waals surface area contributed by atoms with Crippen molar-refractivity contribution in [2.45, 2.75) is 32.2 Å². The summed E-state index contributed by atoms with van der Waals surface area (Å²) in [5.41, 5.74) is 6.31. The van der Waals surface area contributed by atoms with Gasteiger partial charge in [0.15, 0.2) is 17.4 Å². The van der Waals surface area contributed by atoms with Gasteiger partial charge in [0.1, 0.15) is 0 Å². The fourth-order valence-corrected chi connectivity index (χ4v) is 1.56. The zero-order valence-electron chi connectivity index (χ0n) is 10.6. The molecule has 0 spiro atoms. The van der Waals surface area contributed by atoms with E-state index in [-0.39, 0.29) is 18.4 Å². The SMILES string of the molecule is C=CCCOc1c(F)cc(CC(N)CC)cc1F. The van der Waals surface area contributed by atoms with Crippen molar-refractivity contribution in [2.75, 3.05) is 6.61 Å². The fourth-order valence-electron chi connectivity index (χ4n) is 1.56. The number of rotatable bonds is 7. The van der Waals surface area contributed by atoms with Crippen LogP contribution in [0.2, 0.25) is 0 Å². The van der Waals surface area contributed by atoms with Crippen LogP contribution in [0.1, 0.15) is 25.3 Å². The lowest BCUT2D eigenvalue weighted by Crippen LogP contribution is -2.21. The smallest absolute Gasteiger partial charge is 0.190 e. The second-order valence-electron chi connectivity index (χ2n) is 4.19. The van der Waals surface area contributed by atoms with Crippen LogP contribution in [-0.2, 0) is 6.42 Å². The molecule has 1 aromatic carbocycles. The van der Waals surface area contributed by atoms with Crippen molar-refractivity contribution in [3.63, 3.8) is 0 Å². The summed E-state index contributed by atoms with van der Waals surface area (Å²) in [7, 11) is 0. The summed E-state index contributed by atoms with van der Waals surface area (Å²) in [5, 5.41) is 0. The first-order valence-electron chi connectivity index (χ1n) is 6.05. The third-order valence-electron chi connectivity index (χ3n) is 2.65. The molecule has 0 saturated carbocycles. The number of nitrogens with two attached hydrogens (primary N) is 1. The molecular formula is C14H19F2NO. The van der Waals surface area contributed by atoms with Gasteiger partial charge >= 0.3 is 0 Å². The molecule has 1 rings (SSSR count). The average molecular weight is 255 g/mol. The molecule has 0 aliphatic carbocycles. The van der Waals surface area contributed by atoms with E-state index in [1.807, 2.05) is 6.92 Å². The number of hydrogen-bond acceptors (Lipinski definition) is 2. The van der Waals surface area contributed by atoms with Gasteiger partial charge in [-0.05, 0) is 37.0 Å². The van der Waals surface area contributed by atoms with Crippen molar-refractivity contribution in [1.82, 2.24) is 0 Å². The van der Waals surface area contributed by atoms with Crippen LogP contribution in [0.25, 0.3) is 0 Å². The zero-order valence-corrected chi connectivity index (χ0v) is 10.6. The molecule has 0 aliphatic heterocycles. The second kappa shape index (κ2) is 7.11. The first-order chi connectivity index (χ1) is 8.58. The summed E-state index contributed by atoms with van der Waals surface area (Å²) < 4.78 is 32.4. The predicted molar refractivity (Wildman–Crippen MR) is 68.6 cm³/mol. The van der Waals surface area contributed by atoms with Crippen LogP contribution < -0.4 is 10.5 Å². The third-order valence-corrected chi connectivity index (χ3v) is 2.65. The van der Waals surface area contributed by atoms with Gasteiger partial charge in [-0.2, -0.15) is 0 Å². The van der Waals surface area contributed by atoms with E-state index in [9.17, 15) is 8.78 Å². The molecule has 0 aromatic heterocycles. The van der Waals surface area contributed by atoms with Crippen LogP contribution in [0.15, 0.2) is 24.8 Å². The Hall–Kier alpha value is -1.42. The molecule has 1 aromatic rings. The normalized spacial score (nSPS) is 12.2. The molecule has 0 fully saturated rings. The Balaban J connectivity index is 2.80. The van der Waals surface area contributed by atoms with E-state index in [1.54, 1.807) is 6.08 Å². The van der Waals surface area contributed by atoms with E-state index < -0.39 is 11.6 Å². The standard InChI is InChI=1S/C14H19F2NO/c1-3-5-6-18-14-12(15)8-10(9-13(14)16)7-11(17)4-2/h3,8-9,11H,1,4-7,17H2,2H3. The maximum atomic E-state index is 13.7. The molecule has 0 heterocycles. The minimum Gasteiger partial charge on any atom is -0.487 e. The van der Waals surface area contributed by atoms with Gasteiger partial charge in [-0.3, -0.25) is 0 Å². The topological polar surface area (TPSA) is 35.2 Å². The van der Waals surface area contributed by atoms with Crippen LogP contribution in [0.4, 0.5) is 8.78 Å². The second-order valence-corrected chi connectivity index (χ2v) is 4.19. The summed E-state index contributed by atoms with van der Waals surface area (Å²) in [6, 6.07) is 2.47. The summed E-state index contributed by atoms with van der Waals surface area (Å²) in [4.78, 5) is 0. The van der Waals surface area contributed by atoms with E-state index in [4.69, 9.17) is 10.5 Å². The Morgan fingerprint density at radius 1 is 1.39 bits per heavy atom. The highest BCUT2D eigenvalue weighted by molar-refractivity contribution is 5.31. The van der Waals surface area contributed by atoms with Gasteiger partial charge in [0, 0.05) is 6.04 Å². The van der Waals surface area contributed by atoms with Gasteiger partial charge in [0.2, 0.25) is 0 Å². The Morgan fingerprint density at radius 3 is 2.50 bits per heavy atom. The molecule has 0 amide bonds. The van der Waals surface area contributed by atoms with Gasteiger partial charge in [0.25, 0.3) is 0 Å². The molecule has 4 heteroatoms. The Bertz CT molecular complexity index is 384. The van der Waals surface area contributed by atoms with Gasteiger partial charge in [-0.25, -0.2) is 8.78 Å². The predicted octanol–water partition coefficient (Wildman–Crippen LogP) is 3.20. The number of hydrogen-bond donors (Lipinski definition) is 1. The average Bonchev–Trinajstić information content (AvgIpc) is 2.32. The molecule has 18 heavy (non-hydrogen) atoms. The quantitative estimate of drug-likeness (QED) is 0.600. The monoisotopic (exact) mass is 255 g/mol. The molecular weight excluding hydrogens is 236 g/mol. The van der Waals surface area contributed by atoms with Crippen molar-refractivity contribution in [2.24, 2.45) is 5.73 Å². The highest BCUT2D eigenvalue weighted by Crippen LogP contribution is 2.24. The minimum absolute atomic E-state index is 0.0867. The number of ether oxygens (including phenoxy) is 1. The lowest BCUT2D eigenvalue weighted by Gasteiger charge is -2.12. The minimum atomic E-state index is -0.683. The van der Waals surface area contributed by atoms with Gasteiger partial charge in [0.05, 0.1) is 6.61 Å². The number of benzene rings is 1. The molecule has 100 valence electrons. The molecule has 0 saturated heterocycles. The van der Waals surface area contributed by atoms with Gasteiger partial charge in [-0.1, -0.05) is 13.0 Å². The lowest BCUT2D eigenvalue weighted by atomic mass is 10.0. The Labute approximate surface area is 106 Å². The summed E-state index contributed by atoms with van der Waals surface area (Å²) in [6.45, 7) is 5.66. The largest absolute Gasteiger partial charge is 0.487 e. The maximum Gasteiger partial charge on any atom is 0.190 e.